The Labute approximate surface area is 326 Å². The maximum atomic E-state index is 5.04. The fourth-order valence-electron chi connectivity index (χ4n) is 4.85. The van der Waals surface area contributed by atoms with Crippen LogP contribution in [-0.4, -0.2) is 4.57 Å². The largest absolute Gasteiger partial charge is 4.00 e. The van der Waals surface area contributed by atoms with Gasteiger partial charge in [0.2, 0.25) is 0 Å². The molecule has 4 aromatic carbocycles. The van der Waals surface area contributed by atoms with Crippen LogP contribution in [0.25, 0.3) is 16.4 Å². The zero-order valence-corrected chi connectivity index (χ0v) is 34.8. The number of halogens is 1. The van der Waals surface area contributed by atoms with Gasteiger partial charge in [-0.25, -0.2) is 5.32 Å². The number of benzene rings is 4. The van der Waals surface area contributed by atoms with E-state index in [9.17, 15) is 0 Å². The minimum Gasteiger partial charge on any atom is -1.00 e. The van der Waals surface area contributed by atoms with Crippen molar-refractivity contribution in [2.45, 2.75) is 59.4 Å². The quantitative estimate of drug-likeness (QED) is 0.0872. The van der Waals surface area contributed by atoms with Gasteiger partial charge in [0.1, 0.15) is 11.5 Å². The van der Waals surface area contributed by atoms with Gasteiger partial charge in [-0.15, -0.1) is 36.4 Å². The summed E-state index contributed by atoms with van der Waals surface area (Å²) in [6, 6.07) is 43.1. The fourth-order valence-corrected chi connectivity index (χ4v) is 4.85. The minimum atomic E-state index is 0. The maximum Gasteiger partial charge on any atom is 4.00 e. The van der Waals surface area contributed by atoms with Crippen LogP contribution < -0.4 is 29.0 Å². The second-order valence-electron chi connectivity index (χ2n) is 11.5. The molecule has 0 spiro atoms. The molecule has 248 valence electrons. The topological polar surface area (TPSA) is 33.2 Å². The molecule has 0 aliphatic carbocycles. The van der Waals surface area contributed by atoms with Crippen LogP contribution in [0.4, 0.5) is 11.5 Å². The molecule has 0 saturated carbocycles. The Balaban J connectivity index is 0.000000405. The van der Waals surface area contributed by atoms with E-state index in [0.29, 0.717) is 6.04 Å². The van der Waals surface area contributed by atoms with Crippen molar-refractivity contribution in [3.63, 3.8) is 0 Å². The number of hydrogen-bond acceptors (Lipinski definition) is 0. The van der Waals surface area contributed by atoms with Crippen LogP contribution in [0.5, 0.6) is 0 Å². The van der Waals surface area contributed by atoms with E-state index in [1.807, 2.05) is 91.0 Å². The molecule has 2 heterocycles. The van der Waals surface area contributed by atoms with Gasteiger partial charge in [-0.3, -0.25) is 0 Å². The molecule has 3 nitrogen and oxygen atoms in total. The molecule has 1 N–H and O–H groups in total. The number of nitrogens with one attached hydrogen (secondary N) is 1. The molecule has 0 radical (unpaired) electrons. The Morgan fingerprint density at radius 2 is 1.04 bits per heavy atom. The zero-order chi connectivity index (χ0) is 33.1. The normalized spacial score (nSPS) is 9.69. The molecule has 0 unspecified atom stereocenters. The number of hydrogen-bond donors (Lipinski definition) is 0. The van der Waals surface area contributed by atoms with E-state index in [4.69, 9.17) is 5.32 Å². The first-order valence-corrected chi connectivity index (χ1v) is 16.3. The molecule has 6 aromatic rings. The van der Waals surface area contributed by atoms with Gasteiger partial charge in [0.05, 0.1) is 5.69 Å². The van der Waals surface area contributed by atoms with Crippen molar-refractivity contribution in [2.75, 3.05) is 0 Å². The van der Waals surface area contributed by atoms with Crippen molar-refractivity contribution in [2.24, 2.45) is 0 Å². The third-order valence-electron chi connectivity index (χ3n) is 7.17. The molecule has 48 heavy (non-hydrogen) atoms. The summed E-state index contributed by atoms with van der Waals surface area (Å²) in [5.41, 5.74) is 8.21. The summed E-state index contributed by atoms with van der Waals surface area (Å²) in [7, 11) is 0. The first kappa shape index (κ1) is 42.6. The third kappa shape index (κ3) is 14.8. The van der Waals surface area contributed by atoms with Crippen molar-refractivity contribution in [3.8, 4) is 0 Å². The van der Waals surface area contributed by atoms with E-state index in [1.165, 1.54) is 16.5 Å². The Morgan fingerprint density at radius 3 is 1.40 bits per heavy atom. The monoisotopic (exact) mass is 915 g/mol. The minimum absolute atomic E-state index is 0. The number of rotatable bonds is 7. The van der Waals surface area contributed by atoms with Gasteiger partial charge >= 0.3 is 25.8 Å². The molecule has 0 atom stereocenters. The van der Waals surface area contributed by atoms with Gasteiger partial charge < -0.3 is 33.5 Å². The number of H-pyrrole nitrogens is 1. The summed E-state index contributed by atoms with van der Waals surface area (Å²) in [6.07, 6.45) is 6.55. The molecule has 0 saturated heterocycles. The number of aryl methyl sites for hydroxylation is 2. The zero-order valence-electron chi connectivity index (χ0n) is 29.0. The van der Waals surface area contributed by atoms with Crippen LogP contribution in [0, 0.1) is 20.8 Å². The molecule has 0 fully saturated rings. The number of para-hydroxylation sites is 1. The number of aromatic nitrogens is 2. The molecule has 0 aliphatic heterocycles. The van der Waals surface area contributed by atoms with Crippen LogP contribution in [0.3, 0.4) is 0 Å². The molecule has 5 heteroatoms. The summed E-state index contributed by atoms with van der Waals surface area (Å²) in [6.45, 7) is 20.0. The average Bonchev–Trinajstić information content (AvgIpc) is 3.49. The summed E-state index contributed by atoms with van der Waals surface area (Å²) in [4.78, 5) is 3.54. The predicted octanol–water partition coefficient (Wildman–Crippen LogP) is 8.89. The summed E-state index contributed by atoms with van der Waals surface area (Å²) in [5.74, 6) is 0.925. The Hall–Kier alpha value is -3.42. The Morgan fingerprint density at radius 1 is 0.604 bits per heavy atom. The van der Waals surface area contributed by atoms with E-state index in [2.05, 4.69) is 101 Å². The first-order chi connectivity index (χ1) is 22.3. The van der Waals surface area contributed by atoms with Crippen molar-refractivity contribution in [1.29, 1.82) is 0 Å². The van der Waals surface area contributed by atoms with Crippen molar-refractivity contribution in [3.05, 3.63) is 187 Å². The second-order valence-corrected chi connectivity index (χ2v) is 11.5. The second kappa shape index (κ2) is 23.8. The van der Waals surface area contributed by atoms with Gasteiger partial charge in [0.25, 0.3) is 0 Å². The number of pyridine rings is 1. The van der Waals surface area contributed by atoms with Gasteiger partial charge in [-0.2, -0.15) is 73.9 Å². The van der Waals surface area contributed by atoms with Crippen LogP contribution >= 0.6 is 0 Å². The SMILES string of the molecule is CCCc1cccc(CCC)c1[N-]c1ccc2ccn(C(C)C)c2[nH+]1.[CH2-]c1ccccc1.[CH2-]c1ccccc1.[CH2-]c1ccccc1.[Hf+4].[I-]. The van der Waals surface area contributed by atoms with Crippen LogP contribution in [-0.2, 0) is 38.7 Å². The maximum absolute atomic E-state index is 5.04. The molecule has 0 amide bonds. The van der Waals surface area contributed by atoms with E-state index in [0.717, 1.165) is 59.5 Å². The van der Waals surface area contributed by atoms with Gasteiger partial charge in [-0.05, 0) is 56.0 Å². The van der Waals surface area contributed by atoms with Gasteiger partial charge in [0, 0.05) is 17.6 Å². The molecule has 6 rings (SSSR count). The van der Waals surface area contributed by atoms with Crippen LogP contribution in [0.15, 0.2) is 134 Å². The Bertz CT molecular complexity index is 1570. The van der Waals surface area contributed by atoms with Crippen molar-refractivity contribution >= 4 is 22.5 Å². The van der Waals surface area contributed by atoms with Gasteiger partial charge in [-0.1, -0.05) is 63.1 Å². The van der Waals surface area contributed by atoms with Crippen molar-refractivity contribution in [1.82, 2.24) is 4.57 Å². The molecule has 2 aromatic heterocycles. The molecular weight excluding hydrogens is 864 g/mol. The standard InChI is InChI=1S/C22H28N3.3C7H7.Hf.HI/c1-5-8-17-10-7-11-18(9-6-2)21(17)23-20-13-12-19-14-15-25(16(3)4)22(19)24-20;3*1-7-5-3-2-4-6-7;;/h7,10-16H,5-6,8-9H2,1-4H3;3*2-6H,1H2;;1H/q4*-1;+4;. The van der Waals surface area contributed by atoms with Crippen LogP contribution in [0.1, 0.15) is 74.4 Å². The fraction of sp³-hybridized carbons (Fsp3) is 0.209. The molecule has 0 bridgehead atoms. The summed E-state index contributed by atoms with van der Waals surface area (Å²) < 4.78 is 2.26. The first-order valence-electron chi connectivity index (χ1n) is 16.3. The van der Waals surface area contributed by atoms with E-state index in [-0.39, 0.29) is 49.8 Å². The van der Waals surface area contributed by atoms with Crippen LogP contribution in [0.2, 0.25) is 0 Å². The van der Waals surface area contributed by atoms with Gasteiger partial charge in [0.15, 0.2) is 0 Å². The van der Waals surface area contributed by atoms with E-state index >= 15 is 0 Å². The van der Waals surface area contributed by atoms with Crippen molar-refractivity contribution < 1.29 is 54.8 Å². The molecule has 0 aliphatic rings. The average molecular weight is 914 g/mol. The number of aromatic amines is 1. The Kier molecular flexibility index (Phi) is 21.2. The third-order valence-corrected chi connectivity index (χ3v) is 7.17. The summed E-state index contributed by atoms with van der Waals surface area (Å²) in [5, 5.41) is 6.26. The van der Waals surface area contributed by atoms with E-state index in [1.54, 1.807) is 0 Å². The smallest absolute Gasteiger partial charge is 1.00 e. The summed E-state index contributed by atoms with van der Waals surface area (Å²) >= 11 is 0. The van der Waals surface area contributed by atoms with E-state index < -0.39 is 0 Å². The number of fused-ring (bicyclic) bond motifs is 1. The number of nitrogens with zero attached hydrogens (tertiary/aromatic N) is 2. The molecular formula is C43H50HfIN3. The predicted molar refractivity (Wildman–Crippen MR) is 199 cm³/mol.